The lowest BCUT2D eigenvalue weighted by Gasteiger charge is -2.09. The molecular weight excluding hydrogens is 384 g/mol. The molecule has 27 heavy (non-hydrogen) atoms. The predicted octanol–water partition coefficient (Wildman–Crippen LogP) is 4.16. The van der Waals surface area contributed by atoms with Crippen molar-refractivity contribution in [3.8, 4) is 0 Å². The number of rotatable bonds is 7. The second kappa shape index (κ2) is 8.74. The topological polar surface area (TPSA) is 98.0 Å². The van der Waals surface area contributed by atoms with Gasteiger partial charge >= 0.3 is 0 Å². The lowest BCUT2D eigenvalue weighted by atomic mass is 10.2. The van der Waals surface area contributed by atoms with Crippen LogP contribution in [0.1, 0.15) is 17.5 Å². The molecule has 3 rings (SSSR count). The molecule has 0 spiro atoms. The van der Waals surface area contributed by atoms with Crippen molar-refractivity contribution in [1.82, 2.24) is 10.2 Å². The molecule has 0 fully saturated rings. The summed E-state index contributed by atoms with van der Waals surface area (Å²) in [6, 6.07) is 16.0. The molecule has 0 aliphatic rings. The minimum Gasteiger partial charge on any atom is -0.300 e. The fraction of sp³-hybridized carbons (Fsp3) is 0.167. The Labute approximate surface area is 164 Å². The Kier molecular flexibility index (Phi) is 6.15. The first-order chi connectivity index (χ1) is 13.0. The normalized spacial score (nSPS) is 11.7. The minimum absolute atomic E-state index is 0.0243. The van der Waals surface area contributed by atoms with Crippen molar-refractivity contribution in [2.24, 2.45) is 0 Å². The van der Waals surface area contributed by atoms with Gasteiger partial charge in [-0.25, -0.2) is 0 Å². The van der Waals surface area contributed by atoms with Crippen molar-refractivity contribution < 1.29 is 9.72 Å². The van der Waals surface area contributed by atoms with Crippen LogP contribution in [-0.4, -0.2) is 26.3 Å². The number of hydrogen-bond donors (Lipinski definition) is 1. The van der Waals surface area contributed by atoms with Crippen LogP contribution in [0.2, 0.25) is 0 Å². The molecule has 0 bridgehead atoms. The third kappa shape index (κ3) is 5.35. The molecule has 9 heteroatoms. The summed E-state index contributed by atoms with van der Waals surface area (Å²) >= 11 is 2.67. The van der Waals surface area contributed by atoms with Crippen molar-refractivity contribution in [1.29, 1.82) is 0 Å². The largest absolute Gasteiger partial charge is 0.300 e. The second-order valence-electron chi connectivity index (χ2n) is 5.66. The van der Waals surface area contributed by atoms with Crippen LogP contribution < -0.4 is 5.32 Å². The molecule has 0 aliphatic heterocycles. The number of nitrogens with one attached hydrogen (secondary N) is 1. The molecule has 0 saturated heterocycles. The maximum Gasteiger partial charge on any atom is 0.269 e. The van der Waals surface area contributed by atoms with Gasteiger partial charge in [0.2, 0.25) is 11.0 Å². The van der Waals surface area contributed by atoms with Crippen LogP contribution in [0.5, 0.6) is 0 Å². The van der Waals surface area contributed by atoms with Crippen LogP contribution in [0.25, 0.3) is 0 Å². The van der Waals surface area contributed by atoms with E-state index in [9.17, 15) is 14.9 Å². The fourth-order valence-corrected chi connectivity index (χ4v) is 3.90. The van der Waals surface area contributed by atoms with Gasteiger partial charge in [-0.05, 0) is 24.6 Å². The van der Waals surface area contributed by atoms with Gasteiger partial charge in [0.25, 0.3) is 5.69 Å². The van der Waals surface area contributed by atoms with E-state index in [0.29, 0.717) is 11.6 Å². The molecule has 138 valence electrons. The maximum atomic E-state index is 12.4. The molecule has 7 nitrogen and oxygen atoms in total. The highest BCUT2D eigenvalue weighted by Crippen LogP contribution is 2.27. The first-order valence-corrected chi connectivity index (χ1v) is 9.79. The van der Waals surface area contributed by atoms with Gasteiger partial charge in [-0.3, -0.25) is 20.2 Å². The van der Waals surface area contributed by atoms with E-state index < -0.39 is 4.92 Å². The van der Waals surface area contributed by atoms with Crippen molar-refractivity contribution in [2.45, 2.75) is 23.5 Å². The number of non-ortho nitro benzene ring substituents is 1. The number of carbonyl (C=O) groups excluding carboxylic acids is 1. The number of carbonyl (C=O) groups is 1. The average molecular weight is 400 g/mol. The van der Waals surface area contributed by atoms with E-state index in [1.54, 1.807) is 19.1 Å². The fourth-order valence-electron chi connectivity index (χ4n) is 2.26. The van der Waals surface area contributed by atoms with Crippen LogP contribution in [-0.2, 0) is 11.2 Å². The quantitative estimate of drug-likeness (QED) is 0.363. The molecule has 1 aromatic heterocycles. The number of aromatic nitrogens is 2. The number of hydrogen-bond acceptors (Lipinski definition) is 7. The van der Waals surface area contributed by atoms with Gasteiger partial charge in [0.05, 0.1) is 10.2 Å². The highest BCUT2D eigenvalue weighted by molar-refractivity contribution is 8.00. The van der Waals surface area contributed by atoms with Crippen LogP contribution in [0.15, 0.2) is 59.5 Å². The van der Waals surface area contributed by atoms with Crippen molar-refractivity contribution >= 4 is 39.8 Å². The number of nitro groups is 1. The van der Waals surface area contributed by atoms with E-state index in [4.69, 9.17) is 0 Å². The highest BCUT2D eigenvalue weighted by atomic mass is 32.2. The van der Waals surface area contributed by atoms with Crippen molar-refractivity contribution in [2.75, 3.05) is 5.32 Å². The number of amides is 1. The lowest BCUT2D eigenvalue weighted by Crippen LogP contribution is -2.22. The third-order valence-corrected chi connectivity index (χ3v) is 5.58. The Balaban J connectivity index is 1.56. The number of benzene rings is 2. The Morgan fingerprint density at radius 2 is 1.89 bits per heavy atom. The molecule has 0 radical (unpaired) electrons. The second-order valence-corrected chi connectivity index (χ2v) is 8.14. The van der Waals surface area contributed by atoms with Gasteiger partial charge in [-0.2, -0.15) is 0 Å². The number of anilines is 1. The predicted molar refractivity (Wildman–Crippen MR) is 106 cm³/mol. The monoisotopic (exact) mass is 400 g/mol. The molecule has 0 aliphatic carbocycles. The zero-order valence-corrected chi connectivity index (χ0v) is 16.0. The SMILES string of the molecule is CC(Sc1ccc([N+](=O)[O-])cc1)C(=O)Nc1nnc(Cc2ccccc2)s1. The number of thioether (sulfide) groups is 1. The summed E-state index contributed by atoms with van der Waals surface area (Å²) < 4.78 is 0. The Bertz CT molecular complexity index is 929. The number of nitrogens with zero attached hydrogens (tertiary/aromatic N) is 3. The molecular formula is C18H16N4O3S2. The zero-order chi connectivity index (χ0) is 19.2. The summed E-state index contributed by atoms with van der Waals surface area (Å²) in [5.74, 6) is -0.194. The first-order valence-electron chi connectivity index (χ1n) is 8.09. The van der Waals surface area contributed by atoms with Gasteiger partial charge in [-0.1, -0.05) is 41.7 Å². The first kappa shape index (κ1) is 19.0. The summed E-state index contributed by atoms with van der Waals surface area (Å²) in [5, 5.41) is 22.5. The maximum absolute atomic E-state index is 12.4. The van der Waals surface area contributed by atoms with Gasteiger partial charge in [0.15, 0.2) is 0 Å². The number of nitro benzene ring substituents is 1. The molecule has 1 amide bonds. The van der Waals surface area contributed by atoms with E-state index >= 15 is 0 Å². The van der Waals surface area contributed by atoms with Crippen LogP contribution in [0.4, 0.5) is 10.8 Å². The van der Waals surface area contributed by atoms with E-state index in [1.165, 1.54) is 35.2 Å². The molecule has 1 heterocycles. The van der Waals surface area contributed by atoms with Crippen molar-refractivity contribution in [3.05, 3.63) is 75.3 Å². The lowest BCUT2D eigenvalue weighted by molar-refractivity contribution is -0.384. The summed E-state index contributed by atoms with van der Waals surface area (Å²) in [6.07, 6.45) is 0.668. The summed E-state index contributed by atoms with van der Waals surface area (Å²) in [7, 11) is 0. The molecule has 1 atom stereocenters. The zero-order valence-electron chi connectivity index (χ0n) is 14.4. The summed E-state index contributed by atoms with van der Waals surface area (Å²) in [5.41, 5.74) is 1.16. The van der Waals surface area contributed by atoms with E-state index in [2.05, 4.69) is 15.5 Å². The molecule has 1 unspecified atom stereocenters. The van der Waals surface area contributed by atoms with E-state index in [0.717, 1.165) is 15.5 Å². The molecule has 2 aromatic carbocycles. The molecule has 1 N–H and O–H groups in total. The van der Waals surface area contributed by atoms with Crippen molar-refractivity contribution in [3.63, 3.8) is 0 Å². The smallest absolute Gasteiger partial charge is 0.269 e. The van der Waals surface area contributed by atoms with Crippen LogP contribution in [0, 0.1) is 10.1 Å². The van der Waals surface area contributed by atoms with E-state index in [-0.39, 0.29) is 16.8 Å². The Morgan fingerprint density at radius 3 is 2.56 bits per heavy atom. The van der Waals surface area contributed by atoms with Crippen LogP contribution in [0.3, 0.4) is 0 Å². The van der Waals surface area contributed by atoms with Gasteiger partial charge in [0, 0.05) is 23.4 Å². The van der Waals surface area contributed by atoms with Crippen LogP contribution >= 0.6 is 23.1 Å². The standard InChI is InChI=1S/C18H16N4O3S2/c1-12(26-15-9-7-14(8-10-15)22(24)25)17(23)19-18-21-20-16(27-18)11-13-5-3-2-4-6-13/h2-10,12H,11H2,1H3,(H,19,21,23). The highest BCUT2D eigenvalue weighted by Gasteiger charge is 2.17. The van der Waals surface area contributed by atoms with Gasteiger partial charge in [0.1, 0.15) is 5.01 Å². The molecule has 3 aromatic rings. The Hall–Kier alpha value is -2.78. The van der Waals surface area contributed by atoms with Gasteiger partial charge < -0.3 is 0 Å². The molecule has 0 saturated carbocycles. The summed E-state index contributed by atoms with van der Waals surface area (Å²) in [4.78, 5) is 23.4. The Morgan fingerprint density at radius 1 is 1.19 bits per heavy atom. The minimum atomic E-state index is -0.451. The van der Waals surface area contributed by atoms with Gasteiger partial charge in [-0.15, -0.1) is 22.0 Å². The van der Waals surface area contributed by atoms with E-state index in [1.807, 2.05) is 30.3 Å². The average Bonchev–Trinajstić information content (AvgIpc) is 3.09. The third-order valence-electron chi connectivity index (χ3n) is 3.62. The summed E-state index contributed by atoms with van der Waals surface area (Å²) in [6.45, 7) is 1.77.